The average molecular weight is 401 g/mol. The van der Waals surface area contributed by atoms with Gasteiger partial charge in [0.15, 0.2) is 6.10 Å². The van der Waals surface area contributed by atoms with Crippen LogP contribution in [0.4, 0.5) is 0 Å². The number of hydrogen-bond donors (Lipinski definition) is 1. The SMILES string of the molecule is CC(Cl)=CC=C(C)c1c(C(OC(C)(C)C)C(=O)O)c(C)cc2cc(C)ccc12. The van der Waals surface area contributed by atoms with Crippen LogP contribution in [0.1, 0.15) is 63.0 Å². The number of carboxylic acid groups (broad SMARTS) is 1. The highest BCUT2D eigenvalue weighted by Gasteiger charge is 2.31. The minimum Gasteiger partial charge on any atom is -0.479 e. The summed E-state index contributed by atoms with van der Waals surface area (Å²) >= 11 is 6.02. The van der Waals surface area contributed by atoms with Crippen molar-refractivity contribution in [2.45, 2.75) is 60.2 Å². The maximum absolute atomic E-state index is 12.2. The quantitative estimate of drug-likeness (QED) is 0.552. The zero-order valence-corrected chi connectivity index (χ0v) is 18.4. The lowest BCUT2D eigenvalue weighted by Gasteiger charge is -2.28. The lowest BCUT2D eigenvalue weighted by Crippen LogP contribution is -2.28. The topological polar surface area (TPSA) is 46.5 Å². The second kappa shape index (κ2) is 8.50. The van der Waals surface area contributed by atoms with E-state index in [1.54, 1.807) is 0 Å². The molecule has 0 aliphatic heterocycles. The van der Waals surface area contributed by atoms with Crippen LogP contribution in [0.15, 0.2) is 41.4 Å². The fraction of sp³-hybridized carbons (Fsp3) is 0.375. The van der Waals surface area contributed by atoms with E-state index in [2.05, 4.69) is 6.07 Å². The normalized spacial score (nSPS) is 14.4. The Balaban J connectivity index is 2.90. The summed E-state index contributed by atoms with van der Waals surface area (Å²) < 4.78 is 5.99. The highest BCUT2D eigenvalue weighted by atomic mass is 35.5. The number of rotatable bonds is 5. The molecule has 28 heavy (non-hydrogen) atoms. The van der Waals surface area contributed by atoms with Crippen molar-refractivity contribution in [2.24, 2.45) is 0 Å². The van der Waals surface area contributed by atoms with Gasteiger partial charge < -0.3 is 9.84 Å². The van der Waals surface area contributed by atoms with Gasteiger partial charge in [0.05, 0.1) is 5.60 Å². The molecule has 1 atom stereocenters. The second-order valence-corrected chi connectivity index (χ2v) is 8.85. The molecule has 0 aliphatic carbocycles. The smallest absolute Gasteiger partial charge is 0.337 e. The van der Waals surface area contributed by atoms with Crippen molar-refractivity contribution in [1.29, 1.82) is 0 Å². The van der Waals surface area contributed by atoms with Crippen LogP contribution in [0, 0.1) is 13.8 Å². The van der Waals surface area contributed by atoms with Gasteiger partial charge in [-0.3, -0.25) is 0 Å². The molecule has 0 spiro atoms. The van der Waals surface area contributed by atoms with E-state index in [0.29, 0.717) is 10.6 Å². The van der Waals surface area contributed by atoms with E-state index in [0.717, 1.165) is 33.0 Å². The molecule has 0 aromatic heterocycles. The van der Waals surface area contributed by atoms with Gasteiger partial charge in [-0.05, 0) is 82.0 Å². The van der Waals surface area contributed by atoms with Crippen molar-refractivity contribution in [3.63, 3.8) is 0 Å². The summed E-state index contributed by atoms with van der Waals surface area (Å²) in [5.74, 6) is -0.998. The van der Waals surface area contributed by atoms with E-state index >= 15 is 0 Å². The number of allylic oxidation sites excluding steroid dienone is 4. The first kappa shape index (κ1) is 22.2. The zero-order valence-electron chi connectivity index (χ0n) is 17.7. The third kappa shape index (κ3) is 5.24. The molecular weight excluding hydrogens is 372 g/mol. The van der Waals surface area contributed by atoms with Crippen molar-refractivity contribution in [2.75, 3.05) is 0 Å². The molecule has 150 valence electrons. The van der Waals surface area contributed by atoms with Crippen LogP contribution in [0.2, 0.25) is 0 Å². The van der Waals surface area contributed by atoms with Crippen molar-refractivity contribution >= 4 is 33.9 Å². The van der Waals surface area contributed by atoms with E-state index in [9.17, 15) is 9.90 Å². The largest absolute Gasteiger partial charge is 0.479 e. The van der Waals surface area contributed by atoms with Gasteiger partial charge in [-0.15, -0.1) is 0 Å². The van der Waals surface area contributed by atoms with Crippen LogP contribution in [0.25, 0.3) is 16.3 Å². The molecule has 2 aromatic carbocycles. The second-order valence-electron chi connectivity index (χ2n) is 8.26. The number of hydrogen-bond acceptors (Lipinski definition) is 2. The maximum Gasteiger partial charge on any atom is 0.337 e. The van der Waals surface area contributed by atoms with Crippen LogP contribution in [0.3, 0.4) is 0 Å². The summed E-state index contributed by atoms with van der Waals surface area (Å²) in [6, 6.07) is 8.25. The first-order valence-corrected chi connectivity index (χ1v) is 9.74. The Morgan fingerprint density at radius 3 is 2.32 bits per heavy atom. The number of carbonyl (C=O) groups is 1. The summed E-state index contributed by atoms with van der Waals surface area (Å²) in [4.78, 5) is 12.2. The fourth-order valence-corrected chi connectivity index (χ4v) is 3.42. The first-order valence-electron chi connectivity index (χ1n) is 9.36. The number of aliphatic carboxylic acids is 1. The molecule has 0 radical (unpaired) electrons. The Bertz CT molecular complexity index is 958. The summed E-state index contributed by atoms with van der Waals surface area (Å²) in [6.45, 7) is 13.4. The van der Waals surface area contributed by atoms with E-state index in [1.807, 2.05) is 78.8 Å². The first-order chi connectivity index (χ1) is 12.9. The molecule has 0 amide bonds. The highest BCUT2D eigenvalue weighted by molar-refractivity contribution is 6.29. The van der Waals surface area contributed by atoms with Gasteiger partial charge in [-0.1, -0.05) is 47.5 Å². The van der Waals surface area contributed by atoms with Gasteiger partial charge in [-0.2, -0.15) is 0 Å². The van der Waals surface area contributed by atoms with Gasteiger partial charge in [0, 0.05) is 10.6 Å². The van der Waals surface area contributed by atoms with Gasteiger partial charge >= 0.3 is 5.97 Å². The molecule has 2 rings (SSSR count). The zero-order chi connectivity index (χ0) is 21.2. The molecule has 0 fully saturated rings. The van der Waals surface area contributed by atoms with E-state index in [4.69, 9.17) is 16.3 Å². The molecule has 0 aliphatic rings. The van der Waals surface area contributed by atoms with E-state index in [-0.39, 0.29) is 0 Å². The molecule has 4 heteroatoms. The van der Waals surface area contributed by atoms with E-state index < -0.39 is 17.7 Å². The van der Waals surface area contributed by atoms with Gasteiger partial charge in [0.2, 0.25) is 0 Å². The molecule has 0 saturated carbocycles. The van der Waals surface area contributed by atoms with Crippen LogP contribution >= 0.6 is 11.6 Å². The van der Waals surface area contributed by atoms with Gasteiger partial charge in [-0.25, -0.2) is 4.79 Å². The molecule has 0 saturated heterocycles. The summed E-state index contributed by atoms with van der Waals surface area (Å²) in [5, 5.41) is 12.7. The Morgan fingerprint density at radius 1 is 1.14 bits per heavy atom. The third-order valence-corrected chi connectivity index (χ3v) is 4.58. The van der Waals surface area contributed by atoms with Crippen molar-refractivity contribution < 1.29 is 14.6 Å². The highest BCUT2D eigenvalue weighted by Crippen LogP contribution is 2.38. The van der Waals surface area contributed by atoms with Crippen molar-refractivity contribution in [3.8, 4) is 0 Å². The molecule has 1 unspecified atom stereocenters. The lowest BCUT2D eigenvalue weighted by atomic mass is 9.87. The minimum atomic E-state index is -1.06. The molecular formula is C24H29ClO3. The van der Waals surface area contributed by atoms with Gasteiger partial charge in [0.25, 0.3) is 0 Å². The number of benzene rings is 2. The monoisotopic (exact) mass is 400 g/mol. The Morgan fingerprint density at radius 2 is 1.79 bits per heavy atom. The predicted molar refractivity (Wildman–Crippen MR) is 118 cm³/mol. The number of aryl methyl sites for hydroxylation is 2. The number of ether oxygens (including phenoxy) is 1. The molecule has 0 heterocycles. The number of fused-ring (bicyclic) bond motifs is 1. The Kier molecular flexibility index (Phi) is 6.74. The Hall–Kier alpha value is -2.10. The molecule has 3 nitrogen and oxygen atoms in total. The number of halogens is 1. The number of carboxylic acids is 1. The standard InChI is InChI=1S/C24H29ClO3/c1-14-8-11-19-18(12-14)13-16(3)21(20(19)15(2)9-10-17(4)25)22(23(26)27)28-24(5,6)7/h8-13,22H,1-7H3,(H,26,27). The maximum atomic E-state index is 12.2. The van der Waals surface area contributed by atoms with Crippen LogP contribution in [0.5, 0.6) is 0 Å². The van der Waals surface area contributed by atoms with Gasteiger partial charge in [0.1, 0.15) is 0 Å². The molecule has 0 bridgehead atoms. The van der Waals surface area contributed by atoms with Crippen LogP contribution < -0.4 is 0 Å². The average Bonchev–Trinajstić information content (AvgIpc) is 2.55. The minimum absolute atomic E-state index is 0.598. The summed E-state index contributed by atoms with van der Waals surface area (Å²) in [7, 11) is 0. The van der Waals surface area contributed by atoms with E-state index in [1.165, 1.54) is 0 Å². The predicted octanol–water partition coefficient (Wildman–Crippen LogP) is 6.94. The lowest BCUT2D eigenvalue weighted by molar-refractivity contribution is -0.160. The molecule has 1 N–H and O–H groups in total. The Labute approximate surface area is 172 Å². The fourth-order valence-electron chi connectivity index (χ4n) is 3.35. The summed E-state index contributed by atoms with van der Waals surface area (Å²) in [6.07, 6.45) is 2.68. The van der Waals surface area contributed by atoms with Crippen molar-refractivity contribution in [1.82, 2.24) is 0 Å². The van der Waals surface area contributed by atoms with Crippen LogP contribution in [-0.4, -0.2) is 16.7 Å². The third-order valence-electron chi connectivity index (χ3n) is 4.46. The van der Waals surface area contributed by atoms with Crippen molar-refractivity contribution in [3.05, 3.63) is 63.7 Å². The van der Waals surface area contributed by atoms with Crippen LogP contribution in [-0.2, 0) is 9.53 Å². The molecule has 2 aromatic rings. The summed E-state index contributed by atoms with van der Waals surface area (Å²) in [5.41, 5.74) is 3.97.